The maximum atomic E-state index is 12.1. The molecule has 26 heavy (non-hydrogen) atoms. The third kappa shape index (κ3) is 5.27. The van der Waals surface area contributed by atoms with Gasteiger partial charge in [0.25, 0.3) is 0 Å². The van der Waals surface area contributed by atoms with Gasteiger partial charge in [0.2, 0.25) is 17.8 Å². The van der Waals surface area contributed by atoms with Crippen LogP contribution in [-0.4, -0.2) is 39.7 Å². The molecule has 2 aromatic rings. The van der Waals surface area contributed by atoms with E-state index in [4.69, 9.17) is 0 Å². The van der Waals surface area contributed by atoms with Crippen LogP contribution in [0.2, 0.25) is 0 Å². The molecule has 1 aliphatic heterocycles. The number of hydrogen-bond acceptors (Lipinski definition) is 5. The summed E-state index contributed by atoms with van der Waals surface area (Å²) in [6, 6.07) is 9.67. The van der Waals surface area contributed by atoms with Crippen molar-refractivity contribution in [2.75, 3.05) is 18.4 Å². The molecule has 0 spiro atoms. The second-order valence-corrected chi connectivity index (χ2v) is 6.22. The van der Waals surface area contributed by atoms with E-state index in [1.807, 2.05) is 37.3 Å². The Hall–Kier alpha value is -2.45. The highest BCUT2D eigenvalue weighted by Crippen LogP contribution is 2.17. The van der Waals surface area contributed by atoms with Crippen molar-refractivity contribution in [2.45, 2.75) is 20.0 Å². The van der Waals surface area contributed by atoms with Crippen LogP contribution < -0.4 is 16.0 Å². The van der Waals surface area contributed by atoms with Gasteiger partial charge in [-0.3, -0.25) is 14.9 Å². The van der Waals surface area contributed by atoms with Crippen LogP contribution in [-0.2, 0) is 22.7 Å². The fourth-order valence-corrected chi connectivity index (χ4v) is 2.53. The number of carbonyl (C=O) groups excluding carboxylic acids is 2. The van der Waals surface area contributed by atoms with Crippen molar-refractivity contribution in [1.82, 2.24) is 25.4 Å². The summed E-state index contributed by atoms with van der Waals surface area (Å²) in [5, 5.41) is 12.8. The molecular formula is C17H23ClN6O2. The van der Waals surface area contributed by atoms with Gasteiger partial charge >= 0.3 is 0 Å². The Bertz CT molecular complexity index is 732. The fourth-order valence-electron chi connectivity index (χ4n) is 2.53. The van der Waals surface area contributed by atoms with E-state index in [2.05, 4.69) is 26.0 Å². The SMILES string of the molecule is CC(C(=O)Nc1ncn(CC(=O)NCc2ccccc2)n1)C1CNC1.Cl. The van der Waals surface area contributed by atoms with Gasteiger partial charge < -0.3 is 10.6 Å². The Kier molecular flexibility index (Phi) is 7.11. The van der Waals surface area contributed by atoms with Crippen molar-refractivity contribution in [3.63, 3.8) is 0 Å². The Morgan fingerprint density at radius 1 is 1.31 bits per heavy atom. The molecule has 0 radical (unpaired) electrons. The fraction of sp³-hybridized carbons (Fsp3) is 0.412. The monoisotopic (exact) mass is 378 g/mol. The summed E-state index contributed by atoms with van der Waals surface area (Å²) in [5.41, 5.74) is 1.03. The number of benzene rings is 1. The van der Waals surface area contributed by atoms with Gasteiger partial charge in [0, 0.05) is 12.5 Å². The van der Waals surface area contributed by atoms with Crippen LogP contribution in [0.3, 0.4) is 0 Å². The molecule has 1 fully saturated rings. The molecule has 9 heteroatoms. The molecule has 1 saturated heterocycles. The van der Waals surface area contributed by atoms with Gasteiger partial charge in [0.1, 0.15) is 12.9 Å². The van der Waals surface area contributed by atoms with E-state index < -0.39 is 0 Å². The van der Waals surface area contributed by atoms with Crippen molar-refractivity contribution in [3.05, 3.63) is 42.2 Å². The van der Waals surface area contributed by atoms with Crippen LogP contribution in [0.15, 0.2) is 36.7 Å². The quantitative estimate of drug-likeness (QED) is 0.662. The maximum Gasteiger partial charge on any atom is 0.248 e. The molecule has 1 aromatic heterocycles. The lowest BCUT2D eigenvalue weighted by Crippen LogP contribution is -2.48. The standard InChI is InChI=1S/C17H22N6O2.ClH/c1-12(14-8-18-9-14)16(25)21-17-20-11-23(22-17)10-15(24)19-7-13-5-3-2-4-6-13;/h2-6,11-12,14,18H,7-10H2,1H3,(H,19,24)(H,21,22,25);1H. The van der Waals surface area contributed by atoms with Gasteiger partial charge in [-0.1, -0.05) is 37.3 Å². The molecule has 1 unspecified atom stereocenters. The molecule has 140 valence electrons. The molecule has 2 amide bonds. The lowest BCUT2D eigenvalue weighted by Gasteiger charge is -2.31. The Balaban J connectivity index is 0.00000243. The van der Waals surface area contributed by atoms with E-state index in [0.717, 1.165) is 18.7 Å². The molecule has 1 aliphatic rings. The van der Waals surface area contributed by atoms with E-state index in [9.17, 15) is 9.59 Å². The second-order valence-electron chi connectivity index (χ2n) is 6.22. The van der Waals surface area contributed by atoms with Crippen molar-refractivity contribution >= 4 is 30.2 Å². The summed E-state index contributed by atoms with van der Waals surface area (Å²) in [6.07, 6.45) is 1.44. The summed E-state index contributed by atoms with van der Waals surface area (Å²) in [6.45, 7) is 4.13. The number of carbonyl (C=O) groups is 2. The van der Waals surface area contributed by atoms with Gasteiger partial charge in [-0.05, 0) is 24.6 Å². The molecule has 3 rings (SSSR count). The first kappa shape index (κ1) is 19.9. The van der Waals surface area contributed by atoms with Gasteiger partial charge in [-0.15, -0.1) is 17.5 Å². The zero-order chi connectivity index (χ0) is 17.6. The summed E-state index contributed by atoms with van der Waals surface area (Å²) in [7, 11) is 0. The van der Waals surface area contributed by atoms with Crippen molar-refractivity contribution in [1.29, 1.82) is 0 Å². The zero-order valence-electron chi connectivity index (χ0n) is 14.5. The van der Waals surface area contributed by atoms with E-state index in [1.54, 1.807) is 0 Å². The van der Waals surface area contributed by atoms with Crippen LogP contribution in [0.5, 0.6) is 0 Å². The number of anilines is 1. The Morgan fingerprint density at radius 2 is 2.04 bits per heavy atom. The Morgan fingerprint density at radius 3 is 2.69 bits per heavy atom. The average Bonchev–Trinajstić information content (AvgIpc) is 2.99. The summed E-state index contributed by atoms with van der Waals surface area (Å²) < 4.78 is 1.41. The van der Waals surface area contributed by atoms with Crippen LogP contribution in [0.25, 0.3) is 0 Å². The third-order valence-corrected chi connectivity index (χ3v) is 4.34. The minimum Gasteiger partial charge on any atom is -0.350 e. The largest absolute Gasteiger partial charge is 0.350 e. The third-order valence-electron chi connectivity index (χ3n) is 4.34. The van der Waals surface area contributed by atoms with Gasteiger partial charge in [0.15, 0.2) is 0 Å². The highest BCUT2D eigenvalue weighted by Gasteiger charge is 2.29. The number of hydrogen-bond donors (Lipinski definition) is 3. The highest BCUT2D eigenvalue weighted by atomic mass is 35.5. The van der Waals surface area contributed by atoms with Gasteiger partial charge in [-0.25, -0.2) is 9.67 Å². The lowest BCUT2D eigenvalue weighted by atomic mass is 9.88. The van der Waals surface area contributed by atoms with E-state index in [1.165, 1.54) is 11.0 Å². The van der Waals surface area contributed by atoms with Crippen molar-refractivity contribution < 1.29 is 9.59 Å². The first-order valence-corrected chi connectivity index (χ1v) is 8.33. The van der Waals surface area contributed by atoms with Crippen LogP contribution in [0, 0.1) is 11.8 Å². The molecule has 8 nitrogen and oxygen atoms in total. The molecule has 0 bridgehead atoms. The molecule has 0 saturated carbocycles. The molecule has 1 atom stereocenters. The number of halogens is 1. The smallest absolute Gasteiger partial charge is 0.248 e. The van der Waals surface area contributed by atoms with Crippen LogP contribution >= 0.6 is 12.4 Å². The summed E-state index contributed by atoms with van der Waals surface area (Å²) >= 11 is 0. The highest BCUT2D eigenvalue weighted by molar-refractivity contribution is 5.90. The molecule has 1 aromatic carbocycles. The van der Waals surface area contributed by atoms with Crippen LogP contribution in [0.4, 0.5) is 5.95 Å². The first-order chi connectivity index (χ1) is 12.1. The number of nitrogens with zero attached hydrogens (tertiary/aromatic N) is 3. The molecule has 2 heterocycles. The number of amides is 2. The summed E-state index contributed by atoms with van der Waals surface area (Å²) in [5.74, 6) is 0.214. The predicted molar refractivity (Wildman–Crippen MR) is 99.7 cm³/mol. The minimum absolute atomic E-state index is 0. The summed E-state index contributed by atoms with van der Waals surface area (Å²) in [4.78, 5) is 28.1. The van der Waals surface area contributed by atoms with E-state index in [-0.39, 0.29) is 42.6 Å². The first-order valence-electron chi connectivity index (χ1n) is 8.33. The second kappa shape index (κ2) is 9.30. The Labute approximate surface area is 158 Å². The molecule has 3 N–H and O–H groups in total. The predicted octanol–water partition coefficient (Wildman–Crippen LogP) is 0.810. The zero-order valence-corrected chi connectivity index (χ0v) is 15.3. The van der Waals surface area contributed by atoms with Gasteiger partial charge in [-0.2, -0.15) is 0 Å². The molecular weight excluding hydrogens is 356 g/mol. The van der Waals surface area contributed by atoms with E-state index in [0.29, 0.717) is 12.5 Å². The lowest BCUT2D eigenvalue weighted by molar-refractivity contribution is -0.122. The van der Waals surface area contributed by atoms with Crippen molar-refractivity contribution in [3.8, 4) is 0 Å². The van der Waals surface area contributed by atoms with Crippen molar-refractivity contribution in [2.24, 2.45) is 11.8 Å². The van der Waals surface area contributed by atoms with E-state index >= 15 is 0 Å². The topological polar surface area (TPSA) is 101 Å². The average molecular weight is 379 g/mol. The number of aromatic nitrogens is 3. The van der Waals surface area contributed by atoms with Gasteiger partial charge in [0.05, 0.1) is 0 Å². The number of nitrogens with one attached hydrogen (secondary N) is 3. The minimum atomic E-state index is -0.166. The maximum absolute atomic E-state index is 12.1. The number of rotatable bonds is 7. The normalized spacial score (nSPS) is 14.7. The van der Waals surface area contributed by atoms with Crippen LogP contribution in [0.1, 0.15) is 12.5 Å². The molecule has 0 aliphatic carbocycles.